The van der Waals surface area contributed by atoms with Gasteiger partial charge in [-0.3, -0.25) is 4.79 Å². The van der Waals surface area contributed by atoms with Crippen molar-refractivity contribution in [3.05, 3.63) is 35.6 Å². The first-order valence-corrected chi connectivity index (χ1v) is 8.58. The molecule has 1 unspecified atom stereocenters. The highest BCUT2D eigenvalue weighted by molar-refractivity contribution is 5.88. The first kappa shape index (κ1) is 16.7. The fourth-order valence-electron chi connectivity index (χ4n) is 3.49. The summed E-state index contributed by atoms with van der Waals surface area (Å²) in [4.78, 5) is 27.6. The molecule has 0 saturated carbocycles. The average molecular weight is 333 g/mol. The number of nitrogens with zero attached hydrogens (tertiary/aromatic N) is 2. The lowest BCUT2D eigenvalue weighted by molar-refractivity contribution is -0.128. The van der Waals surface area contributed by atoms with E-state index >= 15 is 0 Å². The maximum Gasteiger partial charge on any atom is 0.318 e. The number of hydrogen-bond acceptors (Lipinski definition) is 2. The normalized spacial score (nSPS) is 22.1. The first-order chi connectivity index (χ1) is 11.5. The van der Waals surface area contributed by atoms with Crippen LogP contribution in [0.4, 0.5) is 9.18 Å². The maximum absolute atomic E-state index is 12.9. The summed E-state index contributed by atoms with van der Waals surface area (Å²) in [5, 5.41) is 2.85. The van der Waals surface area contributed by atoms with Crippen molar-refractivity contribution >= 4 is 11.9 Å². The Morgan fingerprint density at radius 2 is 1.83 bits per heavy atom. The van der Waals surface area contributed by atoms with Crippen LogP contribution in [0.25, 0.3) is 0 Å². The number of nitrogens with one attached hydrogen (secondary N) is 1. The number of amides is 3. The molecule has 2 saturated heterocycles. The molecule has 3 amide bonds. The van der Waals surface area contributed by atoms with Crippen molar-refractivity contribution < 1.29 is 14.0 Å². The van der Waals surface area contributed by atoms with Gasteiger partial charge in [0.05, 0.1) is 0 Å². The van der Waals surface area contributed by atoms with Crippen molar-refractivity contribution in [3.8, 4) is 0 Å². The molecular weight excluding hydrogens is 309 g/mol. The fourth-order valence-corrected chi connectivity index (χ4v) is 3.49. The third kappa shape index (κ3) is 3.86. The van der Waals surface area contributed by atoms with Gasteiger partial charge in [-0.25, -0.2) is 9.18 Å². The van der Waals surface area contributed by atoms with E-state index in [1.54, 1.807) is 16.8 Å². The molecule has 2 heterocycles. The summed E-state index contributed by atoms with van der Waals surface area (Å²) < 4.78 is 12.9. The Balaban J connectivity index is 1.45. The lowest BCUT2D eigenvalue weighted by Gasteiger charge is -2.32. The topological polar surface area (TPSA) is 52.7 Å². The van der Waals surface area contributed by atoms with Crippen molar-refractivity contribution in [3.63, 3.8) is 0 Å². The number of rotatable bonds is 3. The second-order valence-corrected chi connectivity index (χ2v) is 6.81. The Labute approximate surface area is 141 Å². The zero-order valence-electron chi connectivity index (χ0n) is 14.0. The van der Waals surface area contributed by atoms with Gasteiger partial charge in [0.25, 0.3) is 0 Å². The molecule has 130 valence electrons. The minimum absolute atomic E-state index is 0.00505. The molecule has 0 spiro atoms. The number of urea groups is 1. The van der Waals surface area contributed by atoms with E-state index in [1.165, 1.54) is 12.1 Å². The maximum atomic E-state index is 12.9. The van der Waals surface area contributed by atoms with E-state index in [0.717, 1.165) is 24.8 Å². The molecule has 5 nitrogen and oxygen atoms in total. The van der Waals surface area contributed by atoms with Gasteiger partial charge in [0.1, 0.15) is 11.9 Å². The molecule has 3 rings (SSSR count). The van der Waals surface area contributed by atoms with Crippen molar-refractivity contribution in [1.82, 2.24) is 15.1 Å². The number of hydrogen-bond donors (Lipinski definition) is 1. The second kappa shape index (κ2) is 7.20. The number of carbonyl (C=O) groups excluding carboxylic acids is 2. The molecule has 2 aliphatic rings. The van der Waals surface area contributed by atoms with Crippen molar-refractivity contribution in [1.29, 1.82) is 0 Å². The van der Waals surface area contributed by atoms with Crippen LogP contribution >= 0.6 is 0 Å². The number of piperidine rings is 1. The van der Waals surface area contributed by atoms with Gasteiger partial charge in [0.2, 0.25) is 5.91 Å². The van der Waals surface area contributed by atoms with E-state index in [4.69, 9.17) is 0 Å². The molecule has 1 aromatic carbocycles. The van der Waals surface area contributed by atoms with Crippen LogP contribution in [-0.4, -0.2) is 54.5 Å². The fraction of sp³-hybridized carbons (Fsp3) is 0.556. The smallest absolute Gasteiger partial charge is 0.318 e. The minimum Gasteiger partial charge on any atom is -0.344 e. The highest BCUT2D eigenvalue weighted by Crippen LogP contribution is 2.22. The summed E-state index contributed by atoms with van der Waals surface area (Å²) in [7, 11) is 1.76. The van der Waals surface area contributed by atoms with Gasteiger partial charge >= 0.3 is 6.03 Å². The van der Waals surface area contributed by atoms with Crippen molar-refractivity contribution in [2.75, 3.05) is 26.7 Å². The van der Waals surface area contributed by atoms with Crippen LogP contribution in [0.3, 0.4) is 0 Å². The molecule has 1 atom stereocenters. The largest absolute Gasteiger partial charge is 0.344 e. The zero-order valence-corrected chi connectivity index (χ0v) is 14.0. The van der Waals surface area contributed by atoms with Crippen LogP contribution in [-0.2, 0) is 11.2 Å². The average Bonchev–Trinajstić information content (AvgIpc) is 2.90. The predicted octanol–water partition coefficient (Wildman–Crippen LogP) is 2.02. The molecule has 0 bridgehead atoms. The van der Waals surface area contributed by atoms with Gasteiger partial charge in [0.15, 0.2) is 0 Å². The van der Waals surface area contributed by atoms with Gasteiger partial charge in [-0.15, -0.1) is 0 Å². The first-order valence-electron chi connectivity index (χ1n) is 8.58. The highest BCUT2D eigenvalue weighted by Gasteiger charge is 2.32. The van der Waals surface area contributed by atoms with Crippen molar-refractivity contribution in [2.24, 2.45) is 5.92 Å². The zero-order chi connectivity index (χ0) is 17.1. The molecule has 0 radical (unpaired) electrons. The Kier molecular flexibility index (Phi) is 5.02. The number of benzene rings is 1. The van der Waals surface area contributed by atoms with Crippen LogP contribution in [0.1, 0.15) is 24.8 Å². The van der Waals surface area contributed by atoms with Crippen LogP contribution in [0, 0.1) is 11.7 Å². The summed E-state index contributed by atoms with van der Waals surface area (Å²) in [6.07, 6.45) is 3.47. The highest BCUT2D eigenvalue weighted by atomic mass is 19.1. The standard InChI is InChI=1S/C18H24FN3O2/c1-21-9-8-16(17(21)23)20-18(24)22-10-6-14(7-11-22)12-13-2-4-15(19)5-3-13/h2-5,14,16H,6-12H2,1H3,(H,20,24). The monoisotopic (exact) mass is 333 g/mol. The molecule has 2 aliphatic heterocycles. The summed E-state index contributed by atoms with van der Waals surface area (Å²) in [5.41, 5.74) is 1.14. The van der Waals surface area contributed by atoms with Gasteiger partial charge in [-0.1, -0.05) is 12.1 Å². The number of halogens is 1. The summed E-state index contributed by atoms with van der Waals surface area (Å²) >= 11 is 0. The van der Waals surface area contributed by atoms with Crippen LogP contribution in [0.2, 0.25) is 0 Å². The molecule has 0 aliphatic carbocycles. The molecule has 1 aromatic rings. The van der Waals surface area contributed by atoms with Gasteiger partial charge in [-0.05, 0) is 49.3 Å². The molecule has 6 heteroatoms. The van der Waals surface area contributed by atoms with E-state index in [1.807, 2.05) is 12.1 Å². The predicted molar refractivity (Wildman–Crippen MR) is 89.0 cm³/mol. The van der Waals surface area contributed by atoms with Crippen molar-refractivity contribution in [2.45, 2.75) is 31.7 Å². The van der Waals surface area contributed by atoms with E-state index in [0.29, 0.717) is 32.0 Å². The van der Waals surface area contributed by atoms with Gasteiger partial charge in [0, 0.05) is 26.7 Å². The van der Waals surface area contributed by atoms with Crippen LogP contribution < -0.4 is 5.32 Å². The SMILES string of the molecule is CN1CCC(NC(=O)N2CCC(Cc3ccc(F)cc3)CC2)C1=O. The minimum atomic E-state index is -0.376. The lowest BCUT2D eigenvalue weighted by atomic mass is 9.90. The van der Waals surface area contributed by atoms with Gasteiger partial charge < -0.3 is 15.1 Å². The molecular formula is C18H24FN3O2. The van der Waals surface area contributed by atoms with E-state index in [2.05, 4.69) is 5.32 Å². The summed E-state index contributed by atoms with van der Waals surface area (Å²) in [6, 6.07) is 6.14. The van der Waals surface area contributed by atoms with E-state index < -0.39 is 0 Å². The number of carbonyl (C=O) groups is 2. The Bertz CT molecular complexity index is 597. The quantitative estimate of drug-likeness (QED) is 0.920. The van der Waals surface area contributed by atoms with E-state index in [-0.39, 0.29) is 23.8 Å². The Hall–Kier alpha value is -2.11. The lowest BCUT2D eigenvalue weighted by Crippen LogP contribution is -2.50. The molecule has 24 heavy (non-hydrogen) atoms. The van der Waals surface area contributed by atoms with Crippen LogP contribution in [0.5, 0.6) is 0 Å². The number of likely N-dealkylation sites (N-methyl/N-ethyl adjacent to an activating group) is 1. The Morgan fingerprint density at radius 1 is 1.17 bits per heavy atom. The van der Waals surface area contributed by atoms with Gasteiger partial charge in [-0.2, -0.15) is 0 Å². The third-order valence-corrected chi connectivity index (χ3v) is 5.06. The molecule has 0 aromatic heterocycles. The third-order valence-electron chi connectivity index (χ3n) is 5.06. The Morgan fingerprint density at radius 3 is 2.42 bits per heavy atom. The van der Waals surface area contributed by atoms with E-state index in [9.17, 15) is 14.0 Å². The summed E-state index contributed by atoms with van der Waals surface area (Å²) in [5.74, 6) is 0.297. The number of likely N-dealkylation sites (tertiary alicyclic amines) is 2. The molecule has 2 fully saturated rings. The molecule has 1 N–H and O–H groups in total. The summed E-state index contributed by atoms with van der Waals surface area (Å²) in [6.45, 7) is 2.10. The van der Waals surface area contributed by atoms with Crippen LogP contribution in [0.15, 0.2) is 24.3 Å². The second-order valence-electron chi connectivity index (χ2n) is 6.81.